The second-order valence-corrected chi connectivity index (χ2v) is 7.47. The van der Waals surface area contributed by atoms with Crippen molar-refractivity contribution in [2.45, 2.75) is 64.8 Å². The van der Waals surface area contributed by atoms with E-state index in [1.54, 1.807) is 0 Å². The van der Waals surface area contributed by atoms with Crippen LogP contribution in [0.1, 0.15) is 57.1 Å². The van der Waals surface area contributed by atoms with E-state index in [4.69, 9.17) is 4.99 Å². The smallest absolute Gasteiger partial charge is 0.191 e. The SMILES string of the molecule is CCNC(=NCCCc1nnc2n1CCCCC2)NCCCCSC.I. The third-order valence-electron chi connectivity index (χ3n) is 4.43. The Hall–Kier alpha value is -0.510. The molecule has 0 amide bonds. The molecule has 0 saturated heterocycles. The number of nitrogens with zero attached hydrogens (tertiary/aromatic N) is 4. The fourth-order valence-electron chi connectivity index (χ4n) is 3.08. The number of aliphatic imine (C=N–C) groups is 1. The molecular weight excluding hydrogens is 459 g/mol. The van der Waals surface area contributed by atoms with E-state index in [1.807, 2.05) is 11.8 Å². The average Bonchev–Trinajstić information content (AvgIpc) is 2.85. The molecule has 150 valence electrons. The van der Waals surface area contributed by atoms with Gasteiger partial charge < -0.3 is 15.2 Å². The third kappa shape index (κ3) is 8.45. The molecule has 0 radical (unpaired) electrons. The number of rotatable bonds is 10. The van der Waals surface area contributed by atoms with Crippen LogP contribution in [0.5, 0.6) is 0 Å². The van der Waals surface area contributed by atoms with Gasteiger partial charge in [-0.2, -0.15) is 11.8 Å². The lowest BCUT2D eigenvalue weighted by Crippen LogP contribution is -2.37. The van der Waals surface area contributed by atoms with Crippen LogP contribution in [0.4, 0.5) is 0 Å². The molecule has 0 atom stereocenters. The summed E-state index contributed by atoms with van der Waals surface area (Å²) in [6.07, 6.45) is 11.5. The first kappa shape index (κ1) is 23.5. The normalized spacial score (nSPS) is 14.3. The molecule has 8 heteroatoms. The maximum atomic E-state index is 4.69. The van der Waals surface area contributed by atoms with Gasteiger partial charge in [0.05, 0.1) is 0 Å². The molecule has 2 N–H and O–H groups in total. The van der Waals surface area contributed by atoms with E-state index < -0.39 is 0 Å². The van der Waals surface area contributed by atoms with E-state index in [2.05, 4.69) is 38.6 Å². The molecule has 0 spiro atoms. The number of guanidine groups is 1. The van der Waals surface area contributed by atoms with Gasteiger partial charge in [-0.3, -0.25) is 4.99 Å². The summed E-state index contributed by atoms with van der Waals surface area (Å²) in [7, 11) is 0. The molecule has 0 unspecified atom stereocenters. The summed E-state index contributed by atoms with van der Waals surface area (Å²) < 4.78 is 2.34. The minimum atomic E-state index is 0. The molecule has 1 aromatic heterocycles. The van der Waals surface area contributed by atoms with Crippen LogP contribution >= 0.6 is 35.7 Å². The second-order valence-electron chi connectivity index (χ2n) is 6.49. The van der Waals surface area contributed by atoms with Crippen molar-refractivity contribution in [2.24, 2.45) is 4.99 Å². The predicted octanol–water partition coefficient (Wildman–Crippen LogP) is 3.25. The molecule has 1 aromatic rings. The van der Waals surface area contributed by atoms with Gasteiger partial charge in [0, 0.05) is 39.0 Å². The number of hydrogen-bond donors (Lipinski definition) is 2. The molecule has 2 heterocycles. The van der Waals surface area contributed by atoms with E-state index in [1.165, 1.54) is 43.7 Å². The number of fused-ring (bicyclic) bond motifs is 1. The highest BCUT2D eigenvalue weighted by Gasteiger charge is 2.13. The van der Waals surface area contributed by atoms with Crippen molar-refractivity contribution in [3.8, 4) is 0 Å². The maximum absolute atomic E-state index is 4.69. The molecule has 0 bridgehead atoms. The molecule has 0 fully saturated rings. The molecule has 0 aliphatic carbocycles. The number of hydrogen-bond acceptors (Lipinski definition) is 4. The van der Waals surface area contributed by atoms with Gasteiger partial charge in [-0.05, 0) is 51.0 Å². The second kappa shape index (κ2) is 14.5. The summed E-state index contributed by atoms with van der Waals surface area (Å²) in [6.45, 7) is 5.90. The fraction of sp³-hybridized carbons (Fsp3) is 0.833. The number of halogens is 1. The lowest BCUT2D eigenvalue weighted by atomic mass is 10.2. The molecule has 1 aliphatic rings. The largest absolute Gasteiger partial charge is 0.357 e. The summed E-state index contributed by atoms with van der Waals surface area (Å²) in [6, 6.07) is 0. The Balaban J connectivity index is 0.00000338. The topological polar surface area (TPSA) is 67.1 Å². The Morgan fingerprint density at radius 1 is 1.15 bits per heavy atom. The van der Waals surface area contributed by atoms with Crippen molar-refractivity contribution in [2.75, 3.05) is 31.6 Å². The van der Waals surface area contributed by atoms with E-state index in [-0.39, 0.29) is 24.0 Å². The quantitative estimate of drug-likeness (QED) is 0.226. The van der Waals surface area contributed by atoms with Gasteiger partial charge in [-0.1, -0.05) is 6.42 Å². The molecule has 2 rings (SSSR count). The Morgan fingerprint density at radius 3 is 2.85 bits per heavy atom. The van der Waals surface area contributed by atoms with Gasteiger partial charge in [-0.25, -0.2) is 0 Å². The van der Waals surface area contributed by atoms with E-state index >= 15 is 0 Å². The van der Waals surface area contributed by atoms with Gasteiger partial charge in [-0.15, -0.1) is 34.2 Å². The maximum Gasteiger partial charge on any atom is 0.191 e. The highest BCUT2D eigenvalue weighted by molar-refractivity contribution is 14.0. The van der Waals surface area contributed by atoms with Gasteiger partial charge in [0.1, 0.15) is 11.6 Å². The van der Waals surface area contributed by atoms with Crippen molar-refractivity contribution < 1.29 is 0 Å². The van der Waals surface area contributed by atoms with Gasteiger partial charge in [0.15, 0.2) is 5.96 Å². The first-order chi connectivity index (χ1) is 12.3. The standard InChI is InChI=1S/C18H34N6S.HI/c1-3-19-18(20-12-6-8-15-25-2)21-13-9-11-17-23-22-16-10-5-4-7-14-24(16)17;/h3-15H2,1-2H3,(H2,19,20,21);1H. The van der Waals surface area contributed by atoms with E-state index in [9.17, 15) is 0 Å². The highest BCUT2D eigenvalue weighted by Crippen LogP contribution is 2.15. The van der Waals surface area contributed by atoms with Crippen molar-refractivity contribution in [3.63, 3.8) is 0 Å². The van der Waals surface area contributed by atoms with E-state index in [0.29, 0.717) is 0 Å². The van der Waals surface area contributed by atoms with Crippen LogP contribution < -0.4 is 10.6 Å². The van der Waals surface area contributed by atoms with Gasteiger partial charge in [0.25, 0.3) is 0 Å². The zero-order valence-electron chi connectivity index (χ0n) is 16.3. The number of aromatic nitrogens is 3. The Kier molecular flexibility index (Phi) is 13.2. The number of thioether (sulfide) groups is 1. The van der Waals surface area contributed by atoms with Crippen molar-refractivity contribution >= 4 is 41.7 Å². The lowest BCUT2D eigenvalue weighted by molar-refractivity contribution is 0.597. The molecule has 6 nitrogen and oxygen atoms in total. The summed E-state index contributed by atoms with van der Waals surface area (Å²) in [5, 5.41) is 15.5. The number of nitrogens with one attached hydrogen (secondary N) is 2. The summed E-state index contributed by atoms with van der Waals surface area (Å²) in [5.74, 6) is 4.49. The van der Waals surface area contributed by atoms with Crippen LogP contribution in [0.25, 0.3) is 0 Å². The predicted molar refractivity (Wildman–Crippen MR) is 123 cm³/mol. The van der Waals surface area contributed by atoms with Crippen LogP contribution in [0.15, 0.2) is 4.99 Å². The Morgan fingerprint density at radius 2 is 2.04 bits per heavy atom. The summed E-state index contributed by atoms with van der Waals surface area (Å²) in [5.41, 5.74) is 0. The number of aryl methyl sites for hydroxylation is 2. The summed E-state index contributed by atoms with van der Waals surface area (Å²) >= 11 is 1.91. The molecule has 26 heavy (non-hydrogen) atoms. The highest BCUT2D eigenvalue weighted by atomic mass is 127. The first-order valence-electron chi connectivity index (χ1n) is 9.77. The van der Waals surface area contributed by atoms with Crippen LogP contribution in [0.3, 0.4) is 0 Å². The number of unbranched alkanes of at least 4 members (excludes halogenated alkanes) is 1. The summed E-state index contributed by atoms with van der Waals surface area (Å²) in [4.78, 5) is 4.69. The zero-order chi connectivity index (χ0) is 17.7. The van der Waals surface area contributed by atoms with Crippen molar-refractivity contribution in [1.29, 1.82) is 0 Å². The van der Waals surface area contributed by atoms with Crippen molar-refractivity contribution in [3.05, 3.63) is 11.6 Å². The molecule has 0 saturated carbocycles. The first-order valence-corrected chi connectivity index (χ1v) is 11.2. The minimum Gasteiger partial charge on any atom is -0.357 e. The molecular formula is C18H35IN6S. The molecule has 0 aromatic carbocycles. The van der Waals surface area contributed by atoms with Crippen molar-refractivity contribution in [1.82, 2.24) is 25.4 Å². The van der Waals surface area contributed by atoms with Crippen LogP contribution in [0.2, 0.25) is 0 Å². The lowest BCUT2D eigenvalue weighted by Gasteiger charge is -2.11. The average molecular weight is 494 g/mol. The monoisotopic (exact) mass is 494 g/mol. The van der Waals surface area contributed by atoms with Crippen LogP contribution in [-0.2, 0) is 19.4 Å². The Labute approximate surface area is 179 Å². The van der Waals surface area contributed by atoms with E-state index in [0.717, 1.165) is 57.2 Å². The molecule has 1 aliphatic heterocycles. The van der Waals surface area contributed by atoms with Crippen LogP contribution in [-0.4, -0.2) is 52.4 Å². The van der Waals surface area contributed by atoms with Crippen LogP contribution in [0, 0.1) is 0 Å². The Bertz CT molecular complexity index is 520. The zero-order valence-corrected chi connectivity index (χ0v) is 19.4. The third-order valence-corrected chi connectivity index (χ3v) is 5.12. The van der Waals surface area contributed by atoms with Gasteiger partial charge in [0.2, 0.25) is 0 Å². The fourth-order valence-corrected chi connectivity index (χ4v) is 3.57. The van der Waals surface area contributed by atoms with Gasteiger partial charge >= 0.3 is 0 Å². The minimum absolute atomic E-state index is 0.